The molecule has 1 atom stereocenters. The molecule has 1 unspecified atom stereocenters. The van der Waals surface area contributed by atoms with Crippen molar-refractivity contribution >= 4 is 17.7 Å². The molecule has 0 aliphatic rings. The van der Waals surface area contributed by atoms with Crippen LogP contribution in [0.3, 0.4) is 0 Å². The lowest BCUT2D eigenvalue weighted by molar-refractivity contribution is -0.138. The summed E-state index contributed by atoms with van der Waals surface area (Å²) in [5.41, 5.74) is 4.92. The molecule has 8 heteroatoms. The fourth-order valence-electron chi connectivity index (χ4n) is 4.00. The summed E-state index contributed by atoms with van der Waals surface area (Å²) in [6, 6.07) is 11.1. The molecule has 0 saturated heterocycles. The third-order valence-electron chi connectivity index (χ3n) is 5.70. The van der Waals surface area contributed by atoms with Crippen molar-refractivity contribution in [3.05, 3.63) is 76.1 Å². The number of rotatable bonds is 8. The maximum Gasteiger partial charge on any atom is 0.416 e. The molecule has 0 aliphatic heterocycles. The van der Waals surface area contributed by atoms with E-state index in [0.717, 1.165) is 50.9 Å². The molecule has 0 bridgehead atoms. The number of aryl methyl sites for hydroxylation is 3. The van der Waals surface area contributed by atoms with E-state index in [4.69, 9.17) is 5.11 Å². The summed E-state index contributed by atoms with van der Waals surface area (Å²) in [6.45, 7) is 7.98. The quantitative estimate of drug-likeness (QED) is 0.366. The van der Waals surface area contributed by atoms with Crippen molar-refractivity contribution in [2.24, 2.45) is 0 Å². The smallest absolute Gasteiger partial charge is 0.416 e. The number of carboxylic acid groups (broad SMARTS) is 1. The van der Waals surface area contributed by atoms with E-state index >= 15 is 0 Å². The van der Waals surface area contributed by atoms with E-state index in [-0.39, 0.29) is 12.3 Å². The monoisotopic (exact) mass is 476 g/mol. The Morgan fingerprint density at radius 2 is 1.79 bits per heavy atom. The molecular weight excluding hydrogens is 449 g/mol. The molecule has 3 aromatic rings. The van der Waals surface area contributed by atoms with E-state index < -0.39 is 17.7 Å². The minimum atomic E-state index is -4.36. The molecule has 3 rings (SSSR count). The first kappa shape index (κ1) is 24.9. The standard InChI is InChI=1S/C25H27F3N2O2S/c1-15-13-22(11-5-19(15)6-12-23(31)32)33-14-16(2)24-17(3)29-30(18(24)4)21-9-7-20(8-10-21)25(26,27)28/h5,7-11,13,16H,6,12,14H2,1-4H3,(H,31,32). The van der Waals surface area contributed by atoms with E-state index in [0.29, 0.717) is 12.1 Å². The van der Waals surface area contributed by atoms with E-state index in [1.165, 1.54) is 12.1 Å². The summed E-state index contributed by atoms with van der Waals surface area (Å²) < 4.78 is 40.3. The van der Waals surface area contributed by atoms with Gasteiger partial charge >= 0.3 is 12.1 Å². The van der Waals surface area contributed by atoms with E-state index in [9.17, 15) is 18.0 Å². The molecule has 1 N–H and O–H groups in total. The fourth-order valence-corrected chi connectivity index (χ4v) is 5.03. The Morgan fingerprint density at radius 3 is 2.36 bits per heavy atom. The first-order valence-electron chi connectivity index (χ1n) is 10.6. The first-order chi connectivity index (χ1) is 15.5. The minimum Gasteiger partial charge on any atom is -0.481 e. The SMILES string of the molecule is Cc1cc(SCC(C)c2c(C)nn(-c3ccc(C(F)(F)F)cc3)c2C)ccc1CCC(=O)O. The Morgan fingerprint density at radius 1 is 1.12 bits per heavy atom. The lowest BCUT2D eigenvalue weighted by Gasteiger charge is -2.14. The second-order valence-electron chi connectivity index (χ2n) is 8.24. The fraction of sp³-hybridized carbons (Fsp3) is 0.360. The first-order valence-corrected chi connectivity index (χ1v) is 11.6. The molecule has 0 amide bonds. The molecule has 0 radical (unpaired) electrons. The topological polar surface area (TPSA) is 55.1 Å². The molecule has 0 spiro atoms. The Kier molecular flexibility index (Phi) is 7.57. The summed E-state index contributed by atoms with van der Waals surface area (Å²) in [4.78, 5) is 11.9. The molecule has 176 valence electrons. The number of aromatic nitrogens is 2. The lowest BCUT2D eigenvalue weighted by Crippen LogP contribution is -2.06. The van der Waals surface area contributed by atoms with E-state index in [1.807, 2.05) is 32.9 Å². The normalized spacial score (nSPS) is 12.7. The van der Waals surface area contributed by atoms with Crippen LogP contribution in [0.5, 0.6) is 0 Å². The van der Waals surface area contributed by atoms with Gasteiger partial charge in [0.15, 0.2) is 0 Å². The van der Waals surface area contributed by atoms with Gasteiger partial charge < -0.3 is 5.11 Å². The number of aliphatic carboxylic acids is 1. The second kappa shape index (κ2) is 10.0. The van der Waals surface area contributed by atoms with Gasteiger partial charge in [-0.1, -0.05) is 13.0 Å². The van der Waals surface area contributed by atoms with Crippen LogP contribution in [-0.2, 0) is 17.4 Å². The highest BCUT2D eigenvalue weighted by Gasteiger charge is 2.30. The van der Waals surface area contributed by atoms with Gasteiger partial charge in [-0.05, 0) is 80.6 Å². The van der Waals surface area contributed by atoms with Crippen molar-refractivity contribution in [3.63, 3.8) is 0 Å². The van der Waals surface area contributed by atoms with Crippen LogP contribution in [-0.4, -0.2) is 26.6 Å². The predicted molar refractivity (Wildman–Crippen MR) is 124 cm³/mol. The molecule has 0 fully saturated rings. The average Bonchev–Trinajstić information content (AvgIpc) is 3.04. The third kappa shape index (κ3) is 5.99. The van der Waals surface area contributed by atoms with Crippen molar-refractivity contribution in [1.29, 1.82) is 0 Å². The van der Waals surface area contributed by atoms with Gasteiger partial charge in [-0.25, -0.2) is 4.68 Å². The van der Waals surface area contributed by atoms with Crippen molar-refractivity contribution in [1.82, 2.24) is 9.78 Å². The number of thioether (sulfide) groups is 1. The van der Waals surface area contributed by atoms with Gasteiger partial charge in [-0.15, -0.1) is 11.8 Å². The molecule has 4 nitrogen and oxygen atoms in total. The highest BCUT2D eigenvalue weighted by molar-refractivity contribution is 7.99. The van der Waals surface area contributed by atoms with Crippen LogP contribution in [0.1, 0.15) is 52.9 Å². The van der Waals surface area contributed by atoms with Gasteiger partial charge in [0.1, 0.15) is 0 Å². The Hall–Kier alpha value is -2.74. The molecular formula is C25H27F3N2O2S. The number of alkyl halides is 3. The van der Waals surface area contributed by atoms with Gasteiger partial charge in [-0.3, -0.25) is 4.79 Å². The predicted octanol–water partition coefficient (Wildman–Crippen LogP) is 6.73. The number of hydrogen-bond donors (Lipinski definition) is 1. The number of hydrogen-bond acceptors (Lipinski definition) is 3. The Labute approximate surface area is 195 Å². The number of benzene rings is 2. The van der Waals surface area contributed by atoms with E-state index in [2.05, 4.69) is 18.1 Å². The highest BCUT2D eigenvalue weighted by Crippen LogP contribution is 2.33. The number of halogens is 3. The zero-order chi connectivity index (χ0) is 24.3. The molecule has 0 aliphatic carbocycles. The van der Waals surface area contributed by atoms with Crippen molar-refractivity contribution < 1.29 is 23.1 Å². The number of carboxylic acids is 1. The largest absolute Gasteiger partial charge is 0.481 e. The van der Waals surface area contributed by atoms with Gasteiger partial charge in [0, 0.05) is 28.3 Å². The maximum atomic E-state index is 12.9. The second-order valence-corrected chi connectivity index (χ2v) is 9.33. The average molecular weight is 477 g/mol. The van der Waals surface area contributed by atoms with E-state index in [1.54, 1.807) is 16.4 Å². The van der Waals surface area contributed by atoms with Crippen LogP contribution in [0.2, 0.25) is 0 Å². The number of nitrogens with zero attached hydrogens (tertiary/aromatic N) is 2. The molecule has 33 heavy (non-hydrogen) atoms. The summed E-state index contributed by atoms with van der Waals surface area (Å²) in [6.07, 6.45) is -3.73. The summed E-state index contributed by atoms with van der Waals surface area (Å²) in [5.74, 6) is 0.198. The Bertz CT molecular complexity index is 1140. The van der Waals surface area contributed by atoms with Crippen LogP contribution >= 0.6 is 11.8 Å². The summed E-state index contributed by atoms with van der Waals surface area (Å²) in [5, 5.41) is 13.5. The number of carbonyl (C=O) groups is 1. The Balaban J connectivity index is 1.72. The third-order valence-corrected chi connectivity index (χ3v) is 6.96. The molecule has 0 saturated carbocycles. The van der Waals surface area contributed by atoms with Gasteiger partial charge in [0.25, 0.3) is 0 Å². The summed E-state index contributed by atoms with van der Waals surface area (Å²) in [7, 11) is 0. The molecule has 1 heterocycles. The van der Waals surface area contributed by atoms with Crippen LogP contribution in [0, 0.1) is 20.8 Å². The molecule has 1 aromatic heterocycles. The van der Waals surface area contributed by atoms with Gasteiger partial charge in [0.05, 0.1) is 16.9 Å². The van der Waals surface area contributed by atoms with Crippen molar-refractivity contribution in [2.45, 2.75) is 57.5 Å². The lowest BCUT2D eigenvalue weighted by atomic mass is 10.0. The van der Waals surface area contributed by atoms with Crippen LogP contribution < -0.4 is 0 Å². The van der Waals surface area contributed by atoms with Gasteiger partial charge in [-0.2, -0.15) is 18.3 Å². The van der Waals surface area contributed by atoms with Crippen molar-refractivity contribution in [2.75, 3.05) is 5.75 Å². The maximum absolute atomic E-state index is 12.9. The molecule has 2 aromatic carbocycles. The highest BCUT2D eigenvalue weighted by atomic mass is 32.2. The van der Waals surface area contributed by atoms with Crippen LogP contribution in [0.25, 0.3) is 5.69 Å². The van der Waals surface area contributed by atoms with Crippen LogP contribution in [0.4, 0.5) is 13.2 Å². The van der Waals surface area contributed by atoms with Crippen LogP contribution in [0.15, 0.2) is 47.4 Å². The zero-order valence-electron chi connectivity index (χ0n) is 19.0. The minimum absolute atomic E-state index is 0.117. The van der Waals surface area contributed by atoms with Crippen molar-refractivity contribution in [3.8, 4) is 5.69 Å². The summed E-state index contributed by atoms with van der Waals surface area (Å²) >= 11 is 1.72. The zero-order valence-corrected chi connectivity index (χ0v) is 19.8. The van der Waals surface area contributed by atoms with Gasteiger partial charge in [0.2, 0.25) is 0 Å².